The van der Waals surface area contributed by atoms with Gasteiger partial charge in [0.15, 0.2) is 0 Å². The van der Waals surface area contributed by atoms with Crippen LogP contribution in [0, 0.1) is 23.2 Å². The molecule has 2 amide bonds. The molecule has 0 unspecified atom stereocenters. The molecule has 0 aromatic heterocycles. The van der Waals surface area contributed by atoms with Gasteiger partial charge in [-0.1, -0.05) is 30.3 Å². The number of amides is 2. The number of nitrogens with zero attached hydrogens (tertiary/aromatic N) is 2. The van der Waals surface area contributed by atoms with Gasteiger partial charge in [-0.25, -0.2) is 5.01 Å². The van der Waals surface area contributed by atoms with E-state index in [-0.39, 0.29) is 24.7 Å². The van der Waals surface area contributed by atoms with Gasteiger partial charge in [0, 0.05) is 25.8 Å². The molecule has 0 saturated heterocycles. The molecule has 1 aromatic rings. The van der Waals surface area contributed by atoms with Gasteiger partial charge in [-0.2, -0.15) is 5.10 Å². The molecule has 6 rings (SSSR count). The van der Waals surface area contributed by atoms with Crippen LogP contribution >= 0.6 is 0 Å². The second-order valence-electron chi connectivity index (χ2n) is 10.2. The number of benzene rings is 1. The Morgan fingerprint density at radius 2 is 1.67 bits per heavy atom. The van der Waals surface area contributed by atoms with Crippen molar-refractivity contribution in [2.75, 3.05) is 13.1 Å². The Morgan fingerprint density at radius 1 is 1.00 bits per heavy atom. The number of rotatable bonds is 7. The molecule has 1 N–H and O–H groups in total. The van der Waals surface area contributed by atoms with Crippen LogP contribution in [0.5, 0.6) is 0 Å². The Balaban J connectivity index is 1.05. The van der Waals surface area contributed by atoms with E-state index in [0.717, 1.165) is 48.4 Å². The number of hydrogen-bond donors (Lipinski definition) is 1. The normalized spacial score (nSPS) is 31.7. The lowest BCUT2D eigenvalue weighted by Gasteiger charge is -2.57. The molecule has 4 aliphatic carbocycles. The van der Waals surface area contributed by atoms with E-state index in [0.29, 0.717) is 12.0 Å². The molecule has 0 atom stereocenters. The average Bonchev–Trinajstić information content (AvgIpc) is 3.22. The first-order chi connectivity index (χ1) is 14.6. The lowest BCUT2D eigenvalue weighted by molar-refractivity contribution is -0.133. The summed E-state index contributed by atoms with van der Waals surface area (Å²) in [5.74, 6) is 2.79. The molecular weight excluding hydrogens is 374 g/mol. The Morgan fingerprint density at radius 3 is 2.33 bits per heavy atom. The molecule has 0 radical (unpaired) electrons. The van der Waals surface area contributed by atoms with Gasteiger partial charge >= 0.3 is 0 Å². The second kappa shape index (κ2) is 8.16. The molecule has 160 valence electrons. The van der Waals surface area contributed by atoms with Crippen LogP contribution in [0.2, 0.25) is 0 Å². The van der Waals surface area contributed by atoms with Gasteiger partial charge in [-0.15, -0.1) is 0 Å². The summed E-state index contributed by atoms with van der Waals surface area (Å²) in [6.45, 7) is 1.37. The van der Waals surface area contributed by atoms with Gasteiger partial charge in [0.25, 0.3) is 0 Å². The van der Waals surface area contributed by atoms with E-state index in [2.05, 4.69) is 10.4 Å². The van der Waals surface area contributed by atoms with Gasteiger partial charge in [0.2, 0.25) is 11.8 Å². The van der Waals surface area contributed by atoms with Crippen LogP contribution in [0.25, 0.3) is 0 Å². The zero-order valence-electron chi connectivity index (χ0n) is 17.8. The molecule has 30 heavy (non-hydrogen) atoms. The highest BCUT2D eigenvalue weighted by Crippen LogP contribution is 2.61. The Labute approximate surface area is 179 Å². The summed E-state index contributed by atoms with van der Waals surface area (Å²) < 4.78 is 0. The minimum absolute atomic E-state index is 0.000428. The summed E-state index contributed by atoms with van der Waals surface area (Å²) in [6.07, 6.45) is 10.9. The predicted molar refractivity (Wildman–Crippen MR) is 117 cm³/mol. The highest BCUT2D eigenvalue weighted by Gasteiger charge is 2.50. The topological polar surface area (TPSA) is 61.8 Å². The fraction of sp³-hybridized carbons (Fsp3) is 0.640. The van der Waals surface area contributed by atoms with Crippen molar-refractivity contribution in [1.29, 1.82) is 0 Å². The summed E-state index contributed by atoms with van der Waals surface area (Å²) in [7, 11) is 0. The Hall–Kier alpha value is -2.17. The van der Waals surface area contributed by atoms with Crippen LogP contribution in [0.1, 0.15) is 69.8 Å². The lowest BCUT2D eigenvalue weighted by Crippen LogP contribution is -2.47. The minimum atomic E-state index is -0.0582. The molecule has 5 aliphatic rings. The van der Waals surface area contributed by atoms with Crippen LogP contribution in [0.15, 0.2) is 35.4 Å². The first-order valence-electron chi connectivity index (χ1n) is 11.8. The number of carbonyl (C=O) groups excluding carboxylic acids is 2. The van der Waals surface area contributed by atoms with Crippen molar-refractivity contribution in [3.8, 4) is 0 Å². The van der Waals surface area contributed by atoms with Gasteiger partial charge in [-0.3, -0.25) is 9.59 Å². The first kappa shape index (κ1) is 19.8. The Bertz CT molecular complexity index is 797. The minimum Gasteiger partial charge on any atom is -0.356 e. The van der Waals surface area contributed by atoms with Crippen LogP contribution in [0.3, 0.4) is 0 Å². The third kappa shape index (κ3) is 4.17. The highest BCUT2D eigenvalue weighted by atomic mass is 16.2. The summed E-state index contributed by atoms with van der Waals surface area (Å²) >= 11 is 0. The molecule has 0 spiro atoms. The van der Waals surface area contributed by atoms with E-state index >= 15 is 0 Å². The zero-order valence-corrected chi connectivity index (χ0v) is 17.8. The molecule has 1 aromatic carbocycles. The van der Waals surface area contributed by atoms with E-state index in [4.69, 9.17) is 0 Å². The van der Waals surface area contributed by atoms with Crippen molar-refractivity contribution in [2.45, 2.75) is 64.2 Å². The maximum absolute atomic E-state index is 12.5. The molecule has 4 bridgehead atoms. The number of hydrogen-bond acceptors (Lipinski definition) is 3. The molecule has 1 aliphatic heterocycles. The molecule has 1 heterocycles. The van der Waals surface area contributed by atoms with Crippen molar-refractivity contribution in [3.05, 3.63) is 35.9 Å². The molecule has 5 heteroatoms. The highest BCUT2D eigenvalue weighted by molar-refractivity contribution is 6.02. The Kier molecular flexibility index (Phi) is 5.38. The lowest BCUT2D eigenvalue weighted by atomic mass is 9.49. The van der Waals surface area contributed by atoms with E-state index in [9.17, 15) is 9.59 Å². The SMILES string of the molecule is O=C(CCC(=O)N1CCC(c2ccccc2)=N1)NCCC12CC3CC(CC(C3)C1)C2. The van der Waals surface area contributed by atoms with E-state index < -0.39 is 0 Å². The smallest absolute Gasteiger partial charge is 0.243 e. The predicted octanol–water partition coefficient (Wildman–Crippen LogP) is 4.13. The van der Waals surface area contributed by atoms with Crippen LogP contribution < -0.4 is 5.32 Å². The number of hydrazone groups is 1. The van der Waals surface area contributed by atoms with Crippen molar-refractivity contribution < 1.29 is 9.59 Å². The summed E-state index contributed by atoms with van der Waals surface area (Å²) in [6, 6.07) is 9.98. The zero-order chi connectivity index (χ0) is 20.6. The van der Waals surface area contributed by atoms with Gasteiger partial charge in [0.05, 0.1) is 12.3 Å². The first-order valence-corrected chi connectivity index (χ1v) is 11.8. The summed E-state index contributed by atoms with van der Waals surface area (Å²) in [4.78, 5) is 24.8. The van der Waals surface area contributed by atoms with Crippen molar-refractivity contribution in [1.82, 2.24) is 10.3 Å². The van der Waals surface area contributed by atoms with Crippen molar-refractivity contribution in [3.63, 3.8) is 0 Å². The van der Waals surface area contributed by atoms with Gasteiger partial charge in [0.1, 0.15) is 0 Å². The second-order valence-corrected chi connectivity index (χ2v) is 10.2. The molecule has 5 nitrogen and oxygen atoms in total. The van der Waals surface area contributed by atoms with E-state index in [1.54, 1.807) is 0 Å². The monoisotopic (exact) mass is 407 g/mol. The van der Waals surface area contributed by atoms with Crippen LogP contribution in [-0.2, 0) is 9.59 Å². The maximum Gasteiger partial charge on any atom is 0.243 e. The number of nitrogens with one attached hydrogen (secondary N) is 1. The van der Waals surface area contributed by atoms with Crippen LogP contribution in [0.4, 0.5) is 0 Å². The summed E-state index contributed by atoms with van der Waals surface area (Å²) in [5.41, 5.74) is 2.51. The molecule has 4 saturated carbocycles. The number of carbonyl (C=O) groups is 2. The fourth-order valence-electron chi connectivity index (χ4n) is 6.97. The van der Waals surface area contributed by atoms with Crippen molar-refractivity contribution in [2.24, 2.45) is 28.3 Å². The van der Waals surface area contributed by atoms with Crippen molar-refractivity contribution >= 4 is 17.5 Å². The molecular formula is C25H33N3O2. The third-order valence-electron chi connectivity index (χ3n) is 7.91. The third-order valence-corrected chi connectivity index (χ3v) is 7.91. The average molecular weight is 408 g/mol. The van der Waals surface area contributed by atoms with E-state index in [1.165, 1.54) is 43.5 Å². The van der Waals surface area contributed by atoms with Crippen LogP contribution in [-0.4, -0.2) is 35.6 Å². The van der Waals surface area contributed by atoms with Gasteiger partial charge in [-0.05, 0) is 73.7 Å². The standard InChI is InChI=1S/C25H33N3O2/c29-23(26-10-9-25-15-18-12-19(16-25)14-20(13-18)17-25)6-7-24(30)28-11-8-22(27-28)21-4-2-1-3-5-21/h1-5,18-20H,6-17H2,(H,26,29). The maximum atomic E-state index is 12.5. The quantitative estimate of drug-likeness (QED) is 0.739. The summed E-state index contributed by atoms with van der Waals surface area (Å²) in [5, 5.41) is 9.10. The van der Waals surface area contributed by atoms with Gasteiger partial charge < -0.3 is 5.32 Å². The largest absolute Gasteiger partial charge is 0.356 e. The molecule has 4 fully saturated rings. The fourth-order valence-corrected chi connectivity index (χ4v) is 6.97. The van der Waals surface area contributed by atoms with E-state index in [1.807, 2.05) is 30.3 Å².